The molecule has 0 spiro atoms. The predicted octanol–water partition coefficient (Wildman–Crippen LogP) is 10.9. The van der Waals surface area contributed by atoms with Gasteiger partial charge >= 0.3 is 183 Å². The van der Waals surface area contributed by atoms with Crippen LogP contribution in [-0.4, -0.2) is 24.6 Å². The zero-order chi connectivity index (χ0) is 20.8. The molecule has 0 heterocycles. The molecule has 0 saturated carbocycles. The van der Waals surface area contributed by atoms with E-state index in [9.17, 15) is 0 Å². The number of halogens is 1. The Morgan fingerprint density at radius 3 is 0.966 bits per heavy atom. The van der Waals surface area contributed by atoms with Crippen LogP contribution in [-0.2, 0) is 0 Å². The molecule has 0 radical (unpaired) electrons. The van der Waals surface area contributed by atoms with E-state index in [-0.39, 0.29) is 12.4 Å². The van der Waals surface area contributed by atoms with E-state index in [1.165, 1.54) is 111 Å². The maximum Gasteiger partial charge on any atom is -0.147 e. The summed E-state index contributed by atoms with van der Waals surface area (Å²) in [6.45, 7) is 8.51. The van der Waals surface area contributed by atoms with E-state index in [1.807, 2.05) is 0 Å². The van der Waals surface area contributed by atoms with Gasteiger partial charge in [0.1, 0.15) is 0 Å². The van der Waals surface area contributed by atoms with Gasteiger partial charge in [-0.1, -0.05) is 0 Å². The summed E-state index contributed by atoms with van der Waals surface area (Å²) in [6, 6.07) is 0. The molecule has 0 saturated heterocycles. The maximum atomic E-state index is 2.48. The van der Waals surface area contributed by atoms with E-state index < -0.39 is 6.95 Å². The second-order valence-corrected chi connectivity index (χ2v) is 18.7. The second kappa shape index (κ2) is 25.4. The molecule has 29 heavy (non-hydrogen) atoms. The van der Waals surface area contributed by atoms with Crippen LogP contribution in [0.25, 0.3) is 0 Å². The van der Waals surface area contributed by atoms with Crippen molar-refractivity contribution in [3.63, 3.8) is 0 Å². The molecule has 0 rings (SSSR count). The average Bonchev–Trinajstić information content (AvgIpc) is 2.70. The third kappa shape index (κ3) is 20.8. The number of rotatable bonds is 23. The first-order chi connectivity index (χ1) is 13.7. The van der Waals surface area contributed by atoms with E-state index >= 15 is 0 Å². The second-order valence-electron chi connectivity index (χ2n) is 9.36. The third-order valence-corrected chi connectivity index (χ3v) is 17.2. The summed E-state index contributed by atoms with van der Waals surface area (Å²) in [5.41, 5.74) is 0. The molecule has 0 aliphatic carbocycles. The SMILES string of the molecule is CCCCCCCC[PH](CCCCCCCC)(CCCCCCCC)PCC.Cl. The molecule has 0 aromatic rings. The van der Waals surface area contributed by atoms with Crippen LogP contribution in [0.15, 0.2) is 0 Å². The molecule has 1 atom stereocenters. The Balaban J connectivity index is 0. The Morgan fingerprint density at radius 2 is 0.690 bits per heavy atom. The Hall–Kier alpha value is 1.15. The molecule has 0 amide bonds. The van der Waals surface area contributed by atoms with Gasteiger partial charge in [0.2, 0.25) is 0 Å². The molecule has 0 aliphatic heterocycles. The minimum atomic E-state index is -0.973. The standard InChI is InChI=1S/C26H58P2.ClH/c1-5-9-12-15-18-21-24-28(27-8-4,25-22-19-16-13-10-6-2)26-23-20-17-14-11-7-3;/h27-28H,5-26H2,1-4H3;1H. The summed E-state index contributed by atoms with van der Waals surface area (Å²) >= 11 is 0. The molecule has 3 heteroatoms. The summed E-state index contributed by atoms with van der Waals surface area (Å²) in [5.74, 6) is 0. The van der Waals surface area contributed by atoms with Crippen LogP contribution in [0, 0.1) is 0 Å². The van der Waals surface area contributed by atoms with Gasteiger partial charge in [0.05, 0.1) is 0 Å². The quantitative estimate of drug-likeness (QED) is 0.103. The van der Waals surface area contributed by atoms with Crippen LogP contribution in [0.4, 0.5) is 0 Å². The summed E-state index contributed by atoms with van der Waals surface area (Å²) in [6.07, 6.45) is 33.2. The fraction of sp³-hybridized carbons (Fsp3) is 1.00. The number of unbranched alkanes of at least 4 members (excludes halogenated alkanes) is 15. The molecule has 0 bridgehead atoms. The van der Waals surface area contributed by atoms with Gasteiger partial charge < -0.3 is 0 Å². The van der Waals surface area contributed by atoms with Crippen molar-refractivity contribution in [2.24, 2.45) is 0 Å². The van der Waals surface area contributed by atoms with E-state index in [4.69, 9.17) is 0 Å². The molecule has 0 nitrogen and oxygen atoms in total. The topological polar surface area (TPSA) is 0 Å². The summed E-state index contributed by atoms with van der Waals surface area (Å²) in [7, 11) is 1.35. The number of hydrogen-bond donors (Lipinski definition) is 0. The zero-order valence-corrected chi connectivity index (χ0v) is 23.8. The van der Waals surface area contributed by atoms with Crippen molar-refractivity contribution in [1.29, 1.82) is 0 Å². The van der Waals surface area contributed by atoms with Crippen LogP contribution in [0.1, 0.15) is 143 Å². The first kappa shape index (κ1) is 32.3. The third-order valence-electron chi connectivity index (χ3n) is 6.58. The average molecular weight is 469 g/mol. The molecule has 0 fully saturated rings. The molecule has 1 unspecified atom stereocenters. The van der Waals surface area contributed by atoms with Gasteiger partial charge in [-0.2, -0.15) is 0 Å². The Labute approximate surface area is 195 Å². The van der Waals surface area contributed by atoms with Gasteiger partial charge in [-0.25, -0.2) is 0 Å². The van der Waals surface area contributed by atoms with Crippen molar-refractivity contribution in [3.8, 4) is 0 Å². The van der Waals surface area contributed by atoms with Crippen LogP contribution in [0.3, 0.4) is 0 Å². The molecule has 0 aliphatic rings. The minimum absolute atomic E-state index is 0. The predicted molar refractivity (Wildman–Crippen MR) is 149 cm³/mol. The monoisotopic (exact) mass is 468 g/mol. The van der Waals surface area contributed by atoms with Crippen LogP contribution in [0.5, 0.6) is 0 Å². The Bertz CT molecular complexity index is 256. The van der Waals surface area contributed by atoms with E-state index in [0.29, 0.717) is 0 Å². The molecule has 0 aromatic heterocycles. The first-order valence-electron chi connectivity index (χ1n) is 13.5. The van der Waals surface area contributed by atoms with Crippen LogP contribution >= 0.6 is 27.6 Å². The summed E-state index contributed by atoms with van der Waals surface area (Å²) in [4.78, 5) is 0. The van der Waals surface area contributed by atoms with Gasteiger partial charge in [0.25, 0.3) is 0 Å². The van der Waals surface area contributed by atoms with Crippen molar-refractivity contribution in [3.05, 3.63) is 0 Å². The van der Waals surface area contributed by atoms with Gasteiger partial charge in [-0.05, 0) is 0 Å². The normalized spacial score (nSPS) is 12.6. The van der Waals surface area contributed by atoms with Gasteiger partial charge in [-0.15, -0.1) is 12.4 Å². The molecule has 0 aromatic carbocycles. The van der Waals surface area contributed by atoms with Gasteiger partial charge in [0, 0.05) is 0 Å². The van der Waals surface area contributed by atoms with E-state index in [0.717, 1.165) is 0 Å². The zero-order valence-electron chi connectivity index (χ0n) is 21.0. The molecule has 180 valence electrons. The largest absolute Gasteiger partial charge is 0.147 e. The van der Waals surface area contributed by atoms with Crippen LogP contribution in [0.2, 0.25) is 0 Å². The van der Waals surface area contributed by atoms with E-state index in [2.05, 4.69) is 27.7 Å². The summed E-state index contributed by atoms with van der Waals surface area (Å²) in [5, 5.41) is 0. The summed E-state index contributed by atoms with van der Waals surface area (Å²) < 4.78 is 0. The Kier molecular flexibility index (Phi) is 28.3. The van der Waals surface area contributed by atoms with Crippen molar-refractivity contribution in [2.75, 3.05) is 24.6 Å². The minimum Gasteiger partial charge on any atom is -0.147 e. The van der Waals surface area contributed by atoms with Crippen molar-refractivity contribution in [1.82, 2.24) is 0 Å². The first-order valence-corrected chi connectivity index (χ1v) is 18.3. The van der Waals surface area contributed by atoms with Crippen molar-refractivity contribution >= 4 is 27.6 Å². The molecular formula is C26H59ClP2. The maximum absolute atomic E-state index is 2.48. The fourth-order valence-electron chi connectivity index (χ4n) is 4.75. The molecule has 0 N–H and O–H groups in total. The van der Waals surface area contributed by atoms with Crippen LogP contribution < -0.4 is 0 Å². The van der Waals surface area contributed by atoms with E-state index in [1.54, 1.807) is 37.7 Å². The van der Waals surface area contributed by atoms with Crippen molar-refractivity contribution in [2.45, 2.75) is 143 Å². The van der Waals surface area contributed by atoms with Gasteiger partial charge in [-0.3, -0.25) is 0 Å². The molecular weight excluding hydrogens is 410 g/mol. The number of hydrogen-bond acceptors (Lipinski definition) is 0. The van der Waals surface area contributed by atoms with Gasteiger partial charge in [0.15, 0.2) is 0 Å². The smallest absolute Gasteiger partial charge is 0.147 e. The fourth-order valence-corrected chi connectivity index (χ4v) is 15.0. The van der Waals surface area contributed by atoms with Crippen molar-refractivity contribution < 1.29 is 0 Å². The Morgan fingerprint density at radius 1 is 0.414 bits per heavy atom.